The Kier molecular flexibility index (Phi) is 5.40. The number of hydrogen-bond acceptors (Lipinski definition) is 2. The molecule has 0 saturated heterocycles. The van der Waals surface area contributed by atoms with Gasteiger partial charge in [-0.05, 0) is 49.6 Å². The van der Waals surface area contributed by atoms with Crippen molar-refractivity contribution >= 4 is 43.7 Å². The van der Waals surface area contributed by atoms with E-state index in [2.05, 4.69) is 51.0 Å². The summed E-state index contributed by atoms with van der Waals surface area (Å²) in [5.74, 6) is -0.647. The van der Waals surface area contributed by atoms with Gasteiger partial charge in [-0.1, -0.05) is 19.9 Å². The van der Waals surface area contributed by atoms with Gasteiger partial charge in [-0.3, -0.25) is 9.59 Å². The predicted octanol–water partition coefficient (Wildman–Crippen LogP) is 2.87. The summed E-state index contributed by atoms with van der Waals surface area (Å²) in [6.45, 7) is 4.53. The third-order valence-electron chi connectivity index (χ3n) is 3.37. The van der Waals surface area contributed by atoms with Gasteiger partial charge in [0.1, 0.15) is 0 Å². The Morgan fingerprint density at radius 3 is 2.50 bits per heavy atom. The van der Waals surface area contributed by atoms with E-state index in [0.717, 1.165) is 3.39 Å². The number of hydrogen-bond donors (Lipinski definition) is 2. The van der Waals surface area contributed by atoms with E-state index in [1.807, 2.05) is 6.08 Å². The molecule has 1 amide bonds. The lowest BCUT2D eigenvalue weighted by Crippen LogP contribution is -2.28. The molecule has 0 heterocycles. The van der Waals surface area contributed by atoms with Gasteiger partial charge in [-0.15, -0.1) is 0 Å². The quantitative estimate of drug-likeness (QED) is 0.694. The highest BCUT2D eigenvalue weighted by molar-refractivity contribution is 9.28. The maximum atomic E-state index is 11.9. The molecule has 6 heteroatoms. The summed E-state index contributed by atoms with van der Waals surface area (Å²) >= 11 is 6.61. The molecule has 0 aromatic heterocycles. The van der Waals surface area contributed by atoms with Gasteiger partial charge in [0.25, 0.3) is 0 Å². The number of carboxylic acids is 1. The Morgan fingerprint density at radius 2 is 2.00 bits per heavy atom. The van der Waals surface area contributed by atoms with Gasteiger partial charge in [-0.25, -0.2) is 0 Å². The number of aliphatic carboxylic acids is 1. The van der Waals surface area contributed by atoms with Gasteiger partial charge in [0.15, 0.2) is 0 Å². The Morgan fingerprint density at radius 1 is 1.39 bits per heavy atom. The summed E-state index contributed by atoms with van der Waals surface area (Å²) in [7, 11) is 0. The minimum absolute atomic E-state index is 0.00730. The van der Waals surface area contributed by atoms with Crippen LogP contribution in [0.1, 0.15) is 26.7 Å². The largest absolute Gasteiger partial charge is 0.481 e. The first-order valence-electron chi connectivity index (χ1n) is 5.79. The van der Waals surface area contributed by atoms with Crippen molar-refractivity contribution in [3.63, 3.8) is 0 Å². The van der Waals surface area contributed by atoms with Crippen molar-refractivity contribution in [2.24, 2.45) is 17.3 Å². The summed E-state index contributed by atoms with van der Waals surface area (Å²) in [4.78, 5) is 22.3. The van der Waals surface area contributed by atoms with Crippen LogP contribution in [0.15, 0.2) is 9.47 Å². The zero-order chi connectivity index (χ0) is 13.9. The van der Waals surface area contributed by atoms with E-state index in [9.17, 15) is 9.59 Å². The van der Waals surface area contributed by atoms with Gasteiger partial charge in [0.05, 0.1) is 9.31 Å². The fourth-order valence-corrected chi connectivity index (χ4v) is 2.76. The molecule has 1 rings (SSSR count). The summed E-state index contributed by atoms with van der Waals surface area (Å²) in [6.07, 6.45) is 2.54. The Bertz CT molecular complexity index is 376. The first-order chi connectivity index (χ1) is 8.26. The highest BCUT2D eigenvalue weighted by Gasteiger charge is 2.60. The summed E-state index contributed by atoms with van der Waals surface area (Å²) < 4.78 is 0.856. The zero-order valence-corrected chi connectivity index (χ0v) is 13.5. The van der Waals surface area contributed by atoms with E-state index in [4.69, 9.17) is 5.11 Å². The molecular formula is C12H17Br2NO3. The molecule has 1 fully saturated rings. The highest BCUT2D eigenvalue weighted by Crippen LogP contribution is 2.59. The van der Waals surface area contributed by atoms with Crippen molar-refractivity contribution in [2.75, 3.05) is 6.54 Å². The Balaban J connectivity index is 2.39. The number of amides is 1. The number of carboxylic acid groups (broad SMARTS) is 1. The number of allylic oxidation sites excluding steroid dienone is 1. The molecule has 0 bridgehead atoms. The first-order valence-corrected chi connectivity index (χ1v) is 7.37. The van der Waals surface area contributed by atoms with Gasteiger partial charge in [0, 0.05) is 13.0 Å². The van der Waals surface area contributed by atoms with E-state index in [1.54, 1.807) is 0 Å². The number of carbonyl (C=O) groups is 2. The second-order valence-electron chi connectivity index (χ2n) is 5.07. The Hall–Kier alpha value is -0.360. The maximum absolute atomic E-state index is 11.9. The lowest BCUT2D eigenvalue weighted by Gasteiger charge is -2.04. The monoisotopic (exact) mass is 381 g/mol. The summed E-state index contributed by atoms with van der Waals surface area (Å²) in [5.41, 5.74) is -0.0380. The van der Waals surface area contributed by atoms with Gasteiger partial charge < -0.3 is 10.4 Å². The molecule has 4 nitrogen and oxygen atoms in total. The third kappa shape index (κ3) is 4.09. The molecule has 1 saturated carbocycles. The fourth-order valence-electron chi connectivity index (χ4n) is 2.19. The maximum Gasteiger partial charge on any atom is 0.303 e. The van der Waals surface area contributed by atoms with Gasteiger partial charge in [0.2, 0.25) is 5.91 Å². The van der Waals surface area contributed by atoms with Crippen molar-refractivity contribution in [2.45, 2.75) is 26.7 Å². The zero-order valence-electron chi connectivity index (χ0n) is 10.4. The van der Waals surface area contributed by atoms with Crippen LogP contribution in [0.25, 0.3) is 0 Å². The van der Waals surface area contributed by atoms with Crippen LogP contribution in [0.4, 0.5) is 0 Å². The lowest BCUT2D eigenvalue weighted by atomic mass is 10.1. The van der Waals surface area contributed by atoms with Crippen LogP contribution in [-0.4, -0.2) is 23.5 Å². The molecule has 2 atom stereocenters. The SMILES string of the molecule is CC1(C)[C@H](C(=O)NCCCC(=O)O)[C@@H]1C=C(Br)Br. The highest BCUT2D eigenvalue weighted by atomic mass is 79.9. The molecule has 0 aliphatic heterocycles. The smallest absolute Gasteiger partial charge is 0.303 e. The van der Waals surface area contributed by atoms with Crippen LogP contribution in [0.3, 0.4) is 0 Å². The Labute approximate surface area is 123 Å². The first kappa shape index (κ1) is 15.7. The van der Waals surface area contributed by atoms with E-state index >= 15 is 0 Å². The second-order valence-corrected chi connectivity index (χ2v) is 7.84. The third-order valence-corrected chi connectivity index (χ3v) is 3.89. The van der Waals surface area contributed by atoms with Crippen molar-refractivity contribution in [1.82, 2.24) is 5.32 Å². The molecule has 1 aliphatic carbocycles. The van der Waals surface area contributed by atoms with Crippen LogP contribution in [0.2, 0.25) is 0 Å². The molecule has 102 valence electrons. The van der Waals surface area contributed by atoms with Gasteiger partial charge in [-0.2, -0.15) is 0 Å². The fraction of sp³-hybridized carbons (Fsp3) is 0.667. The van der Waals surface area contributed by atoms with Crippen LogP contribution in [-0.2, 0) is 9.59 Å². The molecule has 0 aromatic rings. The van der Waals surface area contributed by atoms with Crippen LogP contribution in [0, 0.1) is 17.3 Å². The molecule has 0 spiro atoms. The molecule has 0 radical (unpaired) electrons. The van der Waals surface area contributed by atoms with Crippen molar-refractivity contribution in [3.8, 4) is 0 Å². The summed E-state index contributed by atoms with van der Waals surface area (Å²) in [5, 5.41) is 11.3. The van der Waals surface area contributed by atoms with Crippen molar-refractivity contribution in [1.29, 1.82) is 0 Å². The average Bonchev–Trinajstić information content (AvgIpc) is 2.74. The number of nitrogens with one attached hydrogen (secondary N) is 1. The molecule has 2 N–H and O–H groups in total. The van der Waals surface area contributed by atoms with Gasteiger partial charge >= 0.3 is 5.97 Å². The van der Waals surface area contributed by atoms with Crippen molar-refractivity contribution in [3.05, 3.63) is 9.47 Å². The minimum atomic E-state index is -0.833. The minimum Gasteiger partial charge on any atom is -0.481 e. The molecular weight excluding hydrogens is 366 g/mol. The normalized spacial score (nSPS) is 24.2. The number of carbonyl (C=O) groups excluding carboxylic acids is 1. The van der Waals surface area contributed by atoms with E-state index in [1.165, 1.54) is 0 Å². The van der Waals surface area contributed by atoms with Crippen molar-refractivity contribution < 1.29 is 14.7 Å². The average molecular weight is 383 g/mol. The number of halogens is 2. The van der Waals surface area contributed by atoms with E-state index in [0.29, 0.717) is 13.0 Å². The lowest BCUT2D eigenvalue weighted by molar-refractivity contribution is -0.137. The number of rotatable bonds is 6. The second kappa shape index (κ2) is 6.19. The predicted molar refractivity (Wildman–Crippen MR) is 76.6 cm³/mol. The van der Waals surface area contributed by atoms with Crippen LogP contribution < -0.4 is 5.32 Å². The van der Waals surface area contributed by atoms with E-state index in [-0.39, 0.29) is 29.6 Å². The molecule has 0 aromatic carbocycles. The standard InChI is InChI=1S/C12H17Br2NO3/c1-12(2)7(6-8(13)14)10(12)11(18)15-5-3-4-9(16)17/h6-7,10H,3-5H2,1-2H3,(H,15,18)(H,16,17)/t7-,10-/m0/s1. The molecule has 18 heavy (non-hydrogen) atoms. The van der Waals surface area contributed by atoms with Crippen LogP contribution >= 0.6 is 31.9 Å². The van der Waals surface area contributed by atoms with Crippen LogP contribution in [0.5, 0.6) is 0 Å². The topological polar surface area (TPSA) is 66.4 Å². The summed E-state index contributed by atoms with van der Waals surface area (Å²) in [6, 6.07) is 0. The van der Waals surface area contributed by atoms with E-state index < -0.39 is 5.97 Å². The molecule has 1 aliphatic rings. The molecule has 0 unspecified atom stereocenters.